The molecule has 3 atom stereocenters. The van der Waals surface area contributed by atoms with Gasteiger partial charge < -0.3 is 15.3 Å². The van der Waals surface area contributed by atoms with Crippen LogP contribution in [-0.4, -0.2) is 33.6 Å². The number of hydrogen-bond donors (Lipinski definition) is 3. The van der Waals surface area contributed by atoms with E-state index in [1.54, 1.807) is 0 Å². The lowest BCUT2D eigenvalue weighted by atomic mass is 9.88. The highest BCUT2D eigenvalue weighted by atomic mass is 16.4. The normalized spacial score (nSPS) is 19.6. The van der Waals surface area contributed by atoms with Gasteiger partial charge in [-0.1, -0.05) is 20.8 Å². The highest BCUT2D eigenvalue weighted by Gasteiger charge is 2.22. The lowest BCUT2D eigenvalue weighted by Gasteiger charge is -2.24. The molecule has 0 amide bonds. The molecule has 0 unspecified atom stereocenters. The second-order valence-electron chi connectivity index (χ2n) is 4.90. The third kappa shape index (κ3) is 6.02. The van der Waals surface area contributed by atoms with E-state index in [0.717, 1.165) is 6.42 Å². The molecule has 0 aromatic rings. The van der Waals surface area contributed by atoms with Gasteiger partial charge in [0.05, 0.1) is 12.2 Å². The Hall–Kier alpha value is -0.120. The van der Waals surface area contributed by atoms with Crippen molar-refractivity contribution in [1.29, 1.82) is 0 Å². The van der Waals surface area contributed by atoms with E-state index in [0.29, 0.717) is 6.42 Å². The summed E-state index contributed by atoms with van der Waals surface area (Å²) in [5.41, 5.74) is 0.152. The molecule has 0 bridgehead atoms. The van der Waals surface area contributed by atoms with E-state index < -0.39 is 18.3 Å². The van der Waals surface area contributed by atoms with Gasteiger partial charge in [-0.05, 0) is 25.2 Å². The maximum Gasteiger partial charge on any atom is 0.105 e. The molecule has 3 heteroatoms. The van der Waals surface area contributed by atoms with Crippen LogP contribution in [0.15, 0.2) is 0 Å². The molecule has 0 saturated carbocycles. The molecule has 13 heavy (non-hydrogen) atoms. The van der Waals surface area contributed by atoms with Crippen LogP contribution in [0.1, 0.15) is 40.5 Å². The topological polar surface area (TPSA) is 60.7 Å². The van der Waals surface area contributed by atoms with Crippen LogP contribution in [0.5, 0.6) is 0 Å². The summed E-state index contributed by atoms with van der Waals surface area (Å²) in [6, 6.07) is 0. The molecule has 0 aliphatic heterocycles. The number of rotatable bonds is 4. The fourth-order valence-corrected chi connectivity index (χ4v) is 1.07. The minimum atomic E-state index is -1.03. The summed E-state index contributed by atoms with van der Waals surface area (Å²) in [6.07, 6.45) is -1.36. The van der Waals surface area contributed by atoms with E-state index in [-0.39, 0.29) is 5.41 Å². The Morgan fingerprint density at radius 3 is 1.85 bits per heavy atom. The number of hydrogen-bond acceptors (Lipinski definition) is 3. The van der Waals surface area contributed by atoms with Gasteiger partial charge in [-0.2, -0.15) is 0 Å². The molecule has 0 aromatic carbocycles. The minimum absolute atomic E-state index is 0.152. The van der Waals surface area contributed by atoms with Crippen LogP contribution in [0.2, 0.25) is 0 Å². The second kappa shape index (κ2) is 4.94. The second-order valence-corrected chi connectivity index (χ2v) is 4.90. The summed E-state index contributed by atoms with van der Waals surface area (Å²) in [7, 11) is 0. The van der Waals surface area contributed by atoms with Crippen LogP contribution in [0, 0.1) is 5.41 Å². The molecule has 0 aliphatic carbocycles. The van der Waals surface area contributed by atoms with Crippen LogP contribution in [0.4, 0.5) is 0 Å². The summed E-state index contributed by atoms with van der Waals surface area (Å²) in [5.74, 6) is 0. The molecule has 0 saturated heterocycles. The van der Waals surface area contributed by atoms with Gasteiger partial charge in [0, 0.05) is 0 Å². The molecule has 3 N–H and O–H groups in total. The monoisotopic (exact) mass is 190 g/mol. The predicted molar refractivity (Wildman–Crippen MR) is 52.4 cm³/mol. The fraction of sp³-hybridized carbons (Fsp3) is 1.00. The zero-order valence-electron chi connectivity index (χ0n) is 8.99. The van der Waals surface area contributed by atoms with Crippen molar-refractivity contribution >= 4 is 0 Å². The Bertz CT molecular complexity index is 138. The molecule has 0 radical (unpaired) electrons. The molecule has 0 fully saturated rings. The molecule has 0 spiro atoms. The van der Waals surface area contributed by atoms with Crippen molar-refractivity contribution in [3.05, 3.63) is 0 Å². The quantitative estimate of drug-likeness (QED) is 0.617. The Morgan fingerprint density at radius 1 is 1.08 bits per heavy atom. The van der Waals surface area contributed by atoms with Gasteiger partial charge in [-0.15, -0.1) is 0 Å². The van der Waals surface area contributed by atoms with Gasteiger partial charge in [0.25, 0.3) is 0 Å². The van der Waals surface area contributed by atoms with Crippen molar-refractivity contribution in [3.63, 3.8) is 0 Å². The maximum absolute atomic E-state index is 9.44. The lowest BCUT2D eigenvalue weighted by molar-refractivity contribution is -0.0573. The Morgan fingerprint density at radius 2 is 1.54 bits per heavy atom. The summed E-state index contributed by atoms with van der Waals surface area (Å²) in [4.78, 5) is 0. The molecule has 3 nitrogen and oxygen atoms in total. The number of aliphatic hydroxyl groups is 3. The minimum Gasteiger partial charge on any atom is -0.391 e. The average molecular weight is 190 g/mol. The molecular formula is C10H22O3. The van der Waals surface area contributed by atoms with Gasteiger partial charge in [0.15, 0.2) is 0 Å². The van der Waals surface area contributed by atoms with Gasteiger partial charge in [-0.3, -0.25) is 0 Å². The van der Waals surface area contributed by atoms with Crippen molar-refractivity contribution in [2.45, 2.75) is 58.8 Å². The van der Waals surface area contributed by atoms with E-state index in [4.69, 9.17) is 5.11 Å². The first kappa shape index (κ1) is 12.9. The van der Waals surface area contributed by atoms with Gasteiger partial charge >= 0.3 is 0 Å². The van der Waals surface area contributed by atoms with Crippen molar-refractivity contribution in [1.82, 2.24) is 0 Å². The Labute approximate surface area is 80.4 Å². The van der Waals surface area contributed by atoms with Gasteiger partial charge in [0.2, 0.25) is 0 Å². The average Bonchev–Trinajstić information content (AvgIpc) is 1.97. The van der Waals surface area contributed by atoms with E-state index >= 15 is 0 Å². The first-order valence-corrected chi connectivity index (χ1v) is 4.78. The Kier molecular flexibility index (Phi) is 4.89. The highest BCUT2D eigenvalue weighted by Crippen LogP contribution is 2.22. The third-order valence-corrected chi connectivity index (χ3v) is 2.08. The third-order valence-electron chi connectivity index (χ3n) is 2.08. The molecule has 0 heterocycles. The van der Waals surface area contributed by atoms with Crippen molar-refractivity contribution in [3.8, 4) is 0 Å². The first-order valence-electron chi connectivity index (χ1n) is 4.78. The van der Waals surface area contributed by atoms with E-state index in [9.17, 15) is 10.2 Å². The molecule has 0 rings (SSSR count). The Balaban J connectivity index is 3.81. The maximum atomic E-state index is 9.44. The zero-order chi connectivity index (χ0) is 10.6. The summed E-state index contributed by atoms with van der Waals surface area (Å²) >= 11 is 0. The predicted octanol–water partition coefficient (Wildman–Crippen LogP) is 0.915. The standard InChI is InChI=1S/C10H22O3/c1-7(11)9(13)8(12)5-6-10(2,3)4/h7-9,11-13H,5-6H2,1-4H3/t7-,8+,9-/m1/s1. The summed E-state index contributed by atoms with van der Waals surface area (Å²) in [5, 5.41) is 27.7. The number of aliphatic hydroxyl groups excluding tert-OH is 3. The molecule has 0 aromatic heterocycles. The zero-order valence-corrected chi connectivity index (χ0v) is 8.99. The van der Waals surface area contributed by atoms with E-state index in [2.05, 4.69) is 20.8 Å². The fourth-order valence-electron chi connectivity index (χ4n) is 1.07. The smallest absolute Gasteiger partial charge is 0.105 e. The van der Waals surface area contributed by atoms with Crippen molar-refractivity contribution in [2.24, 2.45) is 5.41 Å². The lowest BCUT2D eigenvalue weighted by Crippen LogP contribution is -2.36. The molecule has 0 aliphatic rings. The highest BCUT2D eigenvalue weighted by molar-refractivity contribution is 4.74. The summed E-state index contributed by atoms with van der Waals surface area (Å²) in [6.45, 7) is 7.71. The molecule has 80 valence electrons. The van der Waals surface area contributed by atoms with Gasteiger partial charge in [-0.25, -0.2) is 0 Å². The first-order chi connectivity index (χ1) is 5.74. The summed E-state index contributed by atoms with van der Waals surface area (Å²) < 4.78 is 0. The van der Waals surface area contributed by atoms with Crippen molar-refractivity contribution < 1.29 is 15.3 Å². The van der Waals surface area contributed by atoms with Crippen LogP contribution < -0.4 is 0 Å². The van der Waals surface area contributed by atoms with E-state index in [1.807, 2.05) is 0 Å². The van der Waals surface area contributed by atoms with Gasteiger partial charge in [0.1, 0.15) is 6.10 Å². The van der Waals surface area contributed by atoms with Crippen LogP contribution in [0.25, 0.3) is 0 Å². The molecular weight excluding hydrogens is 168 g/mol. The van der Waals surface area contributed by atoms with Crippen LogP contribution in [-0.2, 0) is 0 Å². The van der Waals surface area contributed by atoms with Crippen LogP contribution >= 0.6 is 0 Å². The van der Waals surface area contributed by atoms with Crippen molar-refractivity contribution in [2.75, 3.05) is 0 Å². The van der Waals surface area contributed by atoms with E-state index in [1.165, 1.54) is 6.92 Å². The SMILES string of the molecule is C[C@@H](O)[C@@H](O)[C@@H](O)CCC(C)(C)C. The van der Waals surface area contributed by atoms with Crippen LogP contribution in [0.3, 0.4) is 0 Å². The largest absolute Gasteiger partial charge is 0.391 e.